The number of nitriles is 1. The van der Waals surface area contributed by atoms with E-state index in [1.165, 1.54) is 6.33 Å². The molecule has 32 heavy (non-hydrogen) atoms. The van der Waals surface area contributed by atoms with Gasteiger partial charge in [-0.3, -0.25) is 4.79 Å². The highest BCUT2D eigenvalue weighted by molar-refractivity contribution is 5.77. The zero-order valence-electron chi connectivity index (χ0n) is 18.2. The molecule has 1 saturated carbocycles. The third-order valence-corrected chi connectivity index (χ3v) is 5.85. The van der Waals surface area contributed by atoms with Crippen molar-refractivity contribution in [2.45, 2.75) is 38.1 Å². The second-order valence-electron chi connectivity index (χ2n) is 8.19. The number of hydrogen-bond donors (Lipinski definition) is 2. The minimum Gasteiger partial charge on any atom is -0.396 e. The smallest absolute Gasteiger partial charge is 0.225 e. The molecule has 1 aliphatic carbocycles. The van der Waals surface area contributed by atoms with E-state index in [2.05, 4.69) is 32.8 Å². The molecule has 1 unspecified atom stereocenters. The van der Waals surface area contributed by atoms with Crippen LogP contribution >= 0.6 is 0 Å². The van der Waals surface area contributed by atoms with Gasteiger partial charge in [0, 0.05) is 44.1 Å². The second-order valence-corrected chi connectivity index (χ2v) is 8.19. The van der Waals surface area contributed by atoms with Crippen LogP contribution in [0.25, 0.3) is 6.08 Å². The molecule has 1 saturated heterocycles. The first-order valence-electron chi connectivity index (χ1n) is 10.9. The fourth-order valence-corrected chi connectivity index (χ4v) is 4.06. The first-order chi connectivity index (χ1) is 15.5. The number of carbonyl (C=O) groups excluding carboxylic acids is 1. The number of nitrogens with one attached hydrogen (secondary N) is 1. The Morgan fingerprint density at radius 2 is 2.19 bits per heavy atom. The molecule has 1 atom stereocenters. The predicted octanol–water partition coefficient (Wildman–Crippen LogP) is 2.43. The van der Waals surface area contributed by atoms with Gasteiger partial charge < -0.3 is 20.2 Å². The molecule has 0 radical (unpaired) electrons. The van der Waals surface area contributed by atoms with Crippen LogP contribution in [0.1, 0.15) is 49.1 Å². The van der Waals surface area contributed by atoms with Gasteiger partial charge in [0.05, 0.1) is 29.2 Å². The van der Waals surface area contributed by atoms with Crippen molar-refractivity contribution in [3.63, 3.8) is 0 Å². The van der Waals surface area contributed by atoms with Crippen molar-refractivity contribution in [1.29, 1.82) is 5.26 Å². The molecule has 0 aromatic carbocycles. The van der Waals surface area contributed by atoms with E-state index >= 15 is 0 Å². The van der Waals surface area contributed by atoms with Gasteiger partial charge >= 0.3 is 0 Å². The third-order valence-electron chi connectivity index (χ3n) is 5.85. The summed E-state index contributed by atoms with van der Waals surface area (Å²) in [6.07, 6.45) is 5.39. The van der Waals surface area contributed by atoms with Gasteiger partial charge in [-0.2, -0.15) is 5.26 Å². The Balaban J connectivity index is 1.61. The summed E-state index contributed by atoms with van der Waals surface area (Å²) >= 11 is 0. The Bertz CT molecular complexity index is 1060. The third kappa shape index (κ3) is 4.55. The number of aliphatic hydroxyl groups is 1. The summed E-state index contributed by atoms with van der Waals surface area (Å²) in [6.45, 7) is 7.30. The summed E-state index contributed by atoms with van der Waals surface area (Å²) in [7, 11) is 0. The molecule has 2 aromatic heterocycles. The summed E-state index contributed by atoms with van der Waals surface area (Å²) in [5.41, 5.74) is 2.91. The van der Waals surface area contributed by atoms with E-state index in [9.17, 15) is 10.1 Å². The fraction of sp³-hybridized carbons (Fsp3) is 0.435. The van der Waals surface area contributed by atoms with E-state index in [0.29, 0.717) is 48.4 Å². The molecule has 9 nitrogen and oxygen atoms in total. The first kappa shape index (κ1) is 21.7. The topological polar surface area (TPSA) is 118 Å². The molecule has 2 N–H and O–H groups in total. The predicted molar refractivity (Wildman–Crippen MR) is 121 cm³/mol. The van der Waals surface area contributed by atoms with E-state index < -0.39 is 0 Å². The summed E-state index contributed by atoms with van der Waals surface area (Å²) < 4.78 is 0. The molecule has 1 amide bonds. The maximum absolute atomic E-state index is 12.2. The number of anilines is 3. The van der Waals surface area contributed by atoms with E-state index in [-0.39, 0.29) is 25.0 Å². The molecule has 166 valence electrons. The van der Waals surface area contributed by atoms with Crippen molar-refractivity contribution in [3.05, 3.63) is 42.0 Å². The Hall–Kier alpha value is -3.51. The molecule has 4 rings (SSSR count). The highest BCUT2D eigenvalue weighted by Crippen LogP contribution is 2.44. The van der Waals surface area contributed by atoms with E-state index in [0.717, 1.165) is 24.2 Å². The van der Waals surface area contributed by atoms with Gasteiger partial charge in [0.15, 0.2) is 0 Å². The van der Waals surface area contributed by atoms with Crippen LogP contribution in [0.3, 0.4) is 0 Å². The fourth-order valence-electron chi connectivity index (χ4n) is 4.06. The Labute approximate surface area is 187 Å². The Morgan fingerprint density at radius 3 is 2.84 bits per heavy atom. The van der Waals surface area contributed by atoms with Crippen LogP contribution in [-0.2, 0) is 4.79 Å². The van der Waals surface area contributed by atoms with Crippen molar-refractivity contribution in [2.75, 3.05) is 36.5 Å². The summed E-state index contributed by atoms with van der Waals surface area (Å²) in [4.78, 5) is 29.5. The van der Waals surface area contributed by atoms with Gasteiger partial charge in [-0.05, 0) is 31.9 Å². The van der Waals surface area contributed by atoms with Crippen LogP contribution in [0.4, 0.5) is 17.3 Å². The van der Waals surface area contributed by atoms with Crippen molar-refractivity contribution in [2.24, 2.45) is 0 Å². The monoisotopic (exact) mass is 433 g/mol. The normalized spacial score (nSPS) is 18.2. The van der Waals surface area contributed by atoms with Gasteiger partial charge in [-0.15, -0.1) is 0 Å². The number of aromatic nitrogens is 3. The van der Waals surface area contributed by atoms with E-state index in [1.807, 2.05) is 13.0 Å². The average Bonchev–Trinajstić information content (AvgIpc) is 3.64. The molecule has 9 heteroatoms. The lowest BCUT2D eigenvalue weighted by Gasteiger charge is -2.40. The van der Waals surface area contributed by atoms with Crippen molar-refractivity contribution < 1.29 is 9.90 Å². The van der Waals surface area contributed by atoms with Crippen LogP contribution in [0, 0.1) is 11.3 Å². The first-order valence-corrected chi connectivity index (χ1v) is 10.9. The molecule has 1 aliphatic heterocycles. The highest BCUT2D eigenvalue weighted by Gasteiger charge is 2.33. The van der Waals surface area contributed by atoms with Gasteiger partial charge in [0.25, 0.3) is 0 Å². The number of amides is 1. The summed E-state index contributed by atoms with van der Waals surface area (Å²) in [6, 6.07) is 5.91. The average molecular weight is 434 g/mol. The summed E-state index contributed by atoms with van der Waals surface area (Å²) in [5, 5.41) is 22.3. The van der Waals surface area contributed by atoms with Crippen LogP contribution < -0.4 is 10.2 Å². The van der Waals surface area contributed by atoms with Crippen molar-refractivity contribution in [1.82, 2.24) is 19.9 Å². The number of nitrogens with zero attached hydrogens (tertiary/aromatic N) is 6. The maximum Gasteiger partial charge on any atom is 0.225 e. The number of carbonyl (C=O) groups is 1. The largest absolute Gasteiger partial charge is 0.396 e. The van der Waals surface area contributed by atoms with E-state index in [4.69, 9.17) is 10.1 Å². The zero-order chi connectivity index (χ0) is 22.7. The number of rotatable bonds is 7. The van der Waals surface area contributed by atoms with Gasteiger partial charge in [-0.1, -0.05) is 6.58 Å². The second kappa shape index (κ2) is 9.32. The minimum absolute atomic E-state index is 0.0309. The van der Waals surface area contributed by atoms with Crippen LogP contribution in [-0.4, -0.2) is 63.1 Å². The van der Waals surface area contributed by atoms with Gasteiger partial charge in [-0.25, -0.2) is 15.0 Å². The van der Waals surface area contributed by atoms with Crippen molar-refractivity contribution >= 4 is 29.3 Å². The van der Waals surface area contributed by atoms with Crippen LogP contribution in [0.15, 0.2) is 25.0 Å². The Morgan fingerprint density at radius 1 is 1.38 bits per heavy atom. The van der Waals surface area contributed by atoms with Crippen LogP contribution in [0.5, 0.6) is 0 Å². The van der Waals surface area contributed by atoms with Gasteiger partial charge in [0.2, 0.25) is 5.91 Å². The number of hydrogen-bond acceptors (Lipinski definition) is 8. The standard InChI is InChI=1S/C23H27N7O2/c1-3-18-11-20(26-14-25-18)27-19-10-17(12-24)23(28-22(19)16-4-5-16)29-7-8-30(15(2)13-29)21(32)6-9-31/h3,10-11,14-16,31H,1,4-9,13H2,2H3,(H,25,26,27). The molecule has 0 spiro atoms. The Kier molecular flexibility index (Phi) is 6.32. The van der Waals surface area contributed by atoms with Crippen LogP contribution in [0.2, 0.25) is 0 Å². The van der Waals surface area contributed by atoms with Crippen molar-refractivity contribution in [3.8, 4) is 6.07 Å². The number of aliphatic hydroxyl groups excluding tert-OH is 1. The molecule has 2 aromatic rings. The lowest BCUT2D eigenvalue weighted by atomic mass is 10.1. The SMILES string of the molecule is C=Cc1cc(Nc2cc(C#N)c(N3CCN(C(=O)CCO)C(C)C3)nc2C2CC2)ncn1. The number of piperazine rings is 1. The molecular weight excluding hydrogens is 406 g/mol. The highest BCUT2D eigenvalue weighted by atomic mass is 16.3. The number of pyridine rings is 1. The lowest BCUT2D eigenvalue weighted by Crippen LogP contribution is -2.54. The molecular formula is C23H27N7O2. The molecule has 2 aliphatic rings. The summed E-state index contributed by atoms with van der Waals surface area (Å²) in [5.74, 6) is 1.60. The van der Waals surface area contributed by atoms with E-state index in [1.54, 1.807) is 17.0 Å². The minimum atomic E-state index is -0.147. The lowest BCUT2D eigenvalue weighted by molar-refractivity contribution is -0.134. The molecule has 0 bridgehead atoms. The zero-order valence-corrected chi connectivity index (χ0v) is 18.2. The molecule has 2 fully saturated rings. The maximum atomic E-state index is 12.2. The molecule has 3 heterocycles. The quantitative estimate of drug-likeness (QED) is 0.683. The van der Waals surface area contributed by atoms with Gasteiger partial charge in [0.1, 0.15) is 24.0 Å².